The van der Waals surface area contributed by atoms with Crippen LogP contribution in [0.4, 0.5) is 0 Å². The van der Waals surface area contributed by atoms with Gasteiger partial charge in [0.05, 0.1) is 6.07 Å². The summed E-state index contributed by atoms with van der Waals surface area (Å²) in [7, 11) is 0. The molecule has 1 N–H and O–H groups in total. The van der Waals surface area contributed by atoms with Crippen molar-refractivity contribution >= 4 is 5.91 Å². The average molecular weight is 258 g/mol. The zero-order chi connectivity index (χ0) is 14.3. The molecule has 102 valence electrons. The molecule has 1 atom stereocenters. The highest BCUT2D eigenvalue weighted by atomic mass is 16.1. The maximum Gasteiger partial charge on any atom is 0.237 e. The van der Waals surface area contributed by atoms with Crippen LogP contribution in [0.15, 0.2) is 24.3 Å². The van der Waals surface area contributed by atoms with Gasteiger partial charge in [-0.2, -0.15) is 5.26 Å². The molecule has 1 amide bonds. The lowest BCUT2D eigenvalue weighted by atomic mass is 9.96. The Labute approximate surface area is 115 Å². The summed E-state index contributed by atoms with van der Waals surface area (Å²) in [5.41, 5.74) is 2.52. The molecule has 3 nitrogen and oxygen atoms in total. The van der Waals surface area contributed by atoms with E-state index in [0.29, 0.717) is 6.54 Å². The summed E-state index contributed by atoms with van der Waals surface area (Å²) in [5, 5.41) is 11.8. The molecule has 1 unspecified atom stereocenters. The van der Waals surface area contributed by atoms with E-state index in [-0.39, 0.29) is 11.8 Å². The van der Waals surface area contributed by atoms with E-state index in [0.717, 1.165) is 12.8 Å². The van der Waals surface area contributed by atoms with E-state index in [1.165, 1.54) is 11.1 Å². The predicted octanol–water partition coefficient (Wildman–Crippen LogP) is 2.70. The van der Waals surface area contributed by atoms with Crippen LogP contribution in [-0.4, -0.2) is 12.5 Å². The number of amides is 1. The van der Waals surface area contributed by atoms with Gasteiger partial charge >= 0.3 is 0 Å². The quantitative estimate of drug-likeness (QED) is 0.853. The molecule has 0 heterocycles. The Hall–Kier alpha value is -1.82. The molecule has 1 aromatic rings. The van der Waals surface area contributed by atoms with Crippen molar-refractivity contribution in [3.05, 3.63) is 35.4 Å². The Morgan fingerprint density at radius 3 is 2.32 bits per heavy atom. The molecule has 0 radical (unpaired) electrons. The molecular formula is C16H22N2O. The molecule has 3 heteroatoms. The first-order valence-corrected chi connectivity index (χ1v) is 6.83. The number of benzene rings is 1. The molecule has 0 fully saturated rings. The molecule has 0 aliphatic rings. The maximum absolute atomic E-state index is 11.8. The van der Waals surface area contributed by atoms with Gasteiger partial charge < -0.3 is 5.32 Å². The fourth-order valence-corrected chi connectivity index (χ4v) is 1.89. The van der Waals surface area contributed by atoms with Crippen LogP contribution in [0.1, 0.15) is 31.9 Å². The summed E-state index contributed by atoms with van der Waals surface area (Å²) in [5.74, 6) is -0.668. The smallest absolute Gasteiger partial charge is 0.237 e. The molecule has 0 aromatic heterocycles. The molecule has 0 spiro atoms. The second-order valence-electron chi connectivity index (χ2n) is 5.06. The van der Waals surface area contributed by atoms with Crippen molar-refractivity contribution in [3.63, 3.8) is 0 Å². The summed E-state index contributed by atoms with van der Waals surface area (Å²) in [6.07, 6.45) is 1.83. The largest absolute Gasteiger partial charge is 0.355 e. The normalized spacial score (nSPS) is 11.9. The molecule has 1 rings (SSSR count). The summed E-state index contributed by atoms with van der Waals surface area (Å²) in [4.78, 5) is 11.8. The fraction of sp³-hybridized carbons (Fsp3) is 0.500. The number of nitrogens with zero attached hydrogens (tertiary/aromatic N) is 1. The molecule has 0 saturated carbocycles. The molecule has 0 saturated heterocycles. The monoisotopic (exact) mass is 258 g/mol. The highest BCUT2D eigenvalue weighted by Crippen LogP contribution is 2.09. The predicted molar refractivity (Wildman–Crippen MR) is 76.5 cm³/mol. The van der Waals surface area contributed by atoms with Gasteiger partial charge in [0, 0.05) is 6.54 Å². The molecule has 19 heavy (non-hydrogen) atoms. The molecular weight excluding hydrogens is 236 g/mol. The van der Waals surface area contributed by atoms with Gasteiger partial charge in [-0.1, -0.05) is 45.0 Å². The van der Waals surface area contributed by atoms with E-state index >= 15 is 0 Å². The zero-order valence-electron chi connectivity index (χ0n) is 11.9. The fourth-order valence-electron chi connectivity index (χ4n) is 1.89. The number of nitrogens with one attached hydrogen (secondary N) is 1. The topological polar surface area (TPSA) is 52.9 Å². The Bertz CT molecular complexity index is 443. The van der Waals surface area contributed by atoms with Gasteiger partial charge in [0.15, 0.2) is 0 Å². The van der Waals surface area contributed by atoms with E-state index in [2.05, 4.69) is 42.6 Å². The van der Waals surface area contributed by atoms with Crippen molar-refractivity contribution in [2.75, 3.05) is 6.54 Å². The van der Waals surface area contributed by atoms with Crippen LogP contribution in [0, 0.1) is 23.2 Å². The van der Waals surface area contributed by atoms with E-state index in [4.69, 9.17) is 5.26 Å². The van der Waals surface area contributed by atoms with Crippen molar-refractivity contribution in [3.8, 4) is 6.07 Å². The van der Waals surface area contributed by atoms with Gasteiger partial charge in [-0.25, -0.2) is 0 Å². The number of nitriles is 1. The minimum atomic E-state index is -0.553. The van der Waals surface area contributed by atoms with Gasteiger partial charge in [0.25, 0.3) is 0 Å². The first-order valence-electron chi connectivity index (χ1n) is 6.83. The van der Waals surface area contributed by atoms with E-state index in [1.807, 2.05) is 13.8 Å². The van der Waals surface area contributed by atoms with Crippen molar-refractivity contribution in [2.45, 2.75) is 33.6 Å². The van der Waals surface area contributed by atoms with Gasteiger partial charge in [-0.15, -0.1) is 0 Å². The van der Waals surface area contributed by atoms with E-state index in [9.17, 15) is 4.79 Å². The first kappa shape index (κ1) is 15.2. The minimum absolute atomic E-state index is 0.0498. The molecule has 0 bridgehead atoms. The van der Waals surface area contributed by atoms with Crippen LogP contribution < -0.4 is 5.32 Å². The SMILES string of the molecule is CCc1ccc(CCNC(=O)C(C#N)C(C)C)cc1. The third kappa shape index (κ3) is 4.75. The Balaban J connectivity index is 2.41. The number of aryl methyl sites for hydroxylation is 1. The van der Waals surface area contributed by atoms with E-state index < -0.39 is 5.92 Å². The van der Waals surface area contributed by atoms with Crippen molar-refractivity contribution in [1.82, 2.24) is 5.32 Å². The molecule has 1 aromatic carbocycles. The van der Waals surface area contributed by atoms with Crippen molar-refractivity contribution in [2.24, 2.45) is 11.8 Å². The molecule has 0 aliphatic heterocycles. The van der Waals surface area contributed by atoms with Gasteiger partial charge in [-0.05, 0) is 29.9 Å². The summed E-state index contributed by atoms with van der Waals surface area (Å²) in [6, 6.07) is 10.5. The lowest BCUT2D eigenvalue weighted by Gasteiger charge is -2.13. The summed E-state index contributed by atoms with van der Waals surface area (Å²) in [6.45, 7) is 6.48. The number of rotatable bonds is 6. The first-order chi connectivity index (χ1) is 9.08. The van der Waals surface area contributed by atoms with Crippen molar-refractivity contribution in [1.29, 1.82) is 5.26 Å². The number of hydrogen-bond acceptors (Lipinski definition) is 2. The number of carbonyl (C=O) groups is 1. The van der Waals surface area contributed by atoms with Crippen LogP contribution in [0.3, 0.4) is 0 Å². The number of carbonyl (C=O) groups excluding carboxylic acids is 1. The number of hydrogen-bond donors (Lipinski definition) is 1. The summed E-state index contributed by atoms with van der Waals surface area (Å²) >= 11 is 0. The van der Waals surface area contributed by atoms with Crippen LogP contribution >= 0.6 is 0 Å². The van der Waals surface area contributed by atoms with Crippen LogP contribution in [0.2, 0.25) is 0 Å². The van der Waals surface area contributed by atoms with Crippen LogP contribution in [-0.2, 0) is 17.6 Å². The Morgan fingerprint density at radius 1 is 1.26 bits per heavy atom. The Kier molecular flexibility index (Phi) is 6.08. The highest BCUT2D eigenvalue weighted by Gasteiger charge is 2.20. The third-order valence-electron chi connectivity index (χ3n) is 3.23. The summed E-state index contributed by atoms with van der Waals surface area (Å²) < 4.78 is 0. The maximum atomic E-state index is 11.8. The van der Waals surface area contributed by atoms with Gasteiger partial charge in [0.1, 0.15) is 5.92 Å². The zero-order valence-corrected chi connectivity index (χ0v) is 11.9. The second-order valence-corrected chi connectivity index (χ2v) is 5.06. The highest BCUT2D eigenvalue weighted by molar-refractivity contribution is 5.81. The standard InChI is InChI=1S/C16H22N2O/c1-4-13-5-7-14(8-6-13)9-10-18-16(19)15(11-17)12(2)3/h5-8,12,15H,4,9-10H2,1-3H3,(H,18,19). The second kappa shape index (κ2) is 7.58. The van der Waals surface area contributed by atoms with Crippen molar-refractivity contribution < 1.29 is 4.79 Å². The third-order valence-corrected chi connectivity index (χ3v) is 3.23. The lowest BCUT2D eigenvalue weighted by molar-refractivity contribution is -0.124. The van der Waals surface area contributed by atoms with E-state index in [1.54, 1.807) is 0 Å². The van der Waals surface area contributed by atoms with Crippen LogP contribution in [0.25, 0.3) is 0 Å². The van der Waals surface area contributed by atoms with Crippen LogP contribution in [0.5, 0.6) is 0 Å². The van der Waals surface area contributed by atoms with Gasteiger partial charge in [-0.3, -0.25) is 4.79 Å². The lowest BCUT2D eigenvalue weighted by Crippen LogP contribution is -2.34. The minimum Gasteiger partial charge on any atom is -0.355 e. The average Bonchev–Trinajstić information content (AvgIpc) is 2.40. The van der Waals surface area contributed by atoms with Gasteiger partial charge in [0.2, 0.25) is 5.91 Å². The molecule has 0 aliphatic carbocycles. The Morgan fingerprint density at radius 2 is 1.84 bits per heavy atom.